The molecule has 0 saturated carbocycles. The number of hydrogen-bond donors (Lipinski definition) is 0. The van der Waals surface area contributed by atoms with Crippen molar-refractivity contribution >= 4 is 47.8 Å². The molecule has 0 amide bonds. The second kappa shape index (κ2) is 7.85. The Labute approximate surface area is 169 Å². The molecule has 0 radical (unpaired) electrons. The number of likely N-dealkylation sites (tertiary alicyclic amines) is 1. The van der Waals surface area contributed by atoms with E-state index >= 15 is 0 Å². The van der Waals surface area contributed by atoms with Crippen molar-refractivity contribution in [2.24, 2.45) is 0 Å². The normalized spacial score (nSPS) is 19.9. The summed E-state index contributed by atoms with van der Waals surface area (Å²) in [6.45, 7) is 8.52. The molecular formula is C18H24Br3NO2. The van der Waals surface area contributed by atoms with Crippen LogP contribution in [0, 0.1) is 0 Å². The standard InChI is InChI=1S/C18H24Br3NO2/c1-18(2)11-12-13(19)14(20)15(21)17(16(12)24-18)23-10-6-9-22-7-4-3-5-8-22/h3-11H2,1-2H3. The Morgan fingerprint density at radius 2 is 1.75 bits per heavy atom. The zero-order valence-corrected chi connectivity index (χ0v) is 19.0. The largest absolute Gasteiger partial charge is 0.488 e. The van der Waals surface area contributed by atoms with Gasteiger partial charge in [-0.05, 0) is 94.0 Å². The summed E-state index contributed by atoms with van der Waals surface area (Å²) < 4.78 is 15.3. The first kappa shape index (κ1) is 19.0. The summed E-state index contributed by atoms with van der Waals surface area (Å²) in [5.74, 6) is 1.70. The first-order valence-electron chi connectivity index (χ1n) is 8.62. The van der Waals surface area contributed by atoms with Crippen LogP contribution < -0.4 is 9.47 Å². The van der Waals surface area contributed by atoms with Crippen molar-refractivity contribution in [3.63, 3.8) is 0 Å². The van der Waals surface area contributed by atoms with Gasteiger partial charge in [0.2, 0.25) is 0 Å². The molecule has 0 spiro atoms. The van der Waals surface area contributed by atoms with Crippen molar-refractivity contribution in [3.05, 3.63) is 19.0 Å². The minimum Gasteiger partial charge on any atom is -0.488 e. The number of halogens is 3. The highest BCUT2D eigenvalue weighted by atomic mass is 79.9. The molecule has 1 saturated heterocycles. The maximum absolute atomic E-state index is 6.17. The third kappa shape index (κ3) is 4.13. The van der Waals surface area contributed by atoms with Gasteiger partial charge >= 0.3 is 0 Å². The summed E-state index contributed by atoms with van der Waals surface area (Å²) in [6, 6.07) is 0. The van der Waals surface area contributed by atoms with Gasteiger partial charge in [-0.25, -0.2) is 0 Å². The smallest absolute Gasteiger partial charge is 0.176 e. The fourth-order valence-corrected chi connectivity index (χ4v) is 5.14. The Bertz CT molecular complexity index is 613. The zero-order valence-electron chi connectivity index (χ0n) is 14.3. The van der Waals surface area contributed by atoms with Crippen molar-refractivity contribution in [3.8, 4) is 11.5 Å². The molecular weight excluding hydrogens is 502 g/mol. The predicted molar refractivity (Wildman–Crippen MR) is 108 cm³/mol. The molecule has 0 unspecified atom stereocenters. The number of nitrogens with zero attached hydrogens (tertiary/aromatic N) is 1. The fourth-order valence-electron chi connectivity index (χ4n) is 3.44. The molecule has 2 aliphatic rings. The Kier molecular flexibility index (Phi) is 6.21. The van der Waals surface area contributed by atoms with Crippen LogP contribution in [0.25, 0.3) is 0 Å². The van der Waals surface area contributed by atoms with Crippen LogP contribution in [0.15, 0.2) is 13.4 Å². The molecule has 0 aromatic heterocycles. The second-order valence-corrected chi connectivity index (χ2v) is 9.60. The van der Waals surface area contributed by atoms with E-state index in [0.717, 1.165) is 44.3 Å². The Morgan fingerprint density at radius 3 is 2.46 bits per heavy atom. The lowest BCUT2D eigenvalue weighted by molar-refractivity contribution is 0.131. The lowest BCUT2D eigenvalue weighted by atomic mass is 10.0. The van der Waals surface area contributed by atoms with Gasteiger partial charge in [-0.2, -0.15) is 0 Å². The van der Waals surface area contributed by atoms with Gasteiger partial charge in [-0.3, -0.25) is 0 Å². The molecule has 134 valence electrons. The molecule has 3 rings (SSSR count). The van der Waals surface area contributed by atoms with E-state index in [-0.39, 0.29) is 5.60 Å². The Balaban J connectivity index is 1.67. The lowest BCUT2D eigenvalue weighted by Gasteiger charge is -2.26. The minimum absolute atomic E-state index is 0.197. The third-order valence-electron chi connectivity index (χ3n) is 4.62. The van der Waals surface area contributed by atoms with Crippen LogP contribution in [0.4, 0.5) is 0 Å². The Hall–Kier alpha value is 0.220. The van der Waals surface area contributed by atoms with Crippen molar-refractivity contribution in [2.45, 2.75) is 51.6 Å². The van der Waals surface area contributed by atoms with E-state index in [2.05, 4.69) is 66.5 Å². The summed E-state index contributed by atoms with van der Waals surface area (Å²) >= 11 is 11.0. The van der Waals surface area contributed by atoms with Gasteiger partial charge in [0.15, 0.2) is 11.5 Å². The van der Waals surface area contributed by atoms with Crippen molar-refractivity contribution in [1.29, 1.82) is 0 Å². The predicted octanol–water partition coefficient (Wildman–Crippen LogP) is 5.94. The molecule has 0 N–H and O–H groups in total. The molecule has 2 aliphatic heterocycles. The van der Waals surface area contributed by atoms with Gasteiger partial charge in [0, 0.05) is 23.0 Å². The van der Waals surface area contributed by atoms with Crippen LogP contribution in [0.1, 0.15) is 45.1 Å². The molecule has 0 aliphatic carbocycles. The zero-order chi connectivity index (χ0) is 17.3. The van der Waals surface area contributed by atoms with E-state index in [4.69, 9.17) is 9.47 Å². The number of piperidine rings is 1. The summed E-state index contributed by atoms with van der Waals surface area (Å²) in [7, 11) is 0. The van der Waals surface area contributed by atoms with Gasteiger partial charge in [0.1, 0.15) is 5.60 Å². The van der Waals surface area contributed by atoms with Crippen LogP contribution in [0.5, 0.6) is 11.5 Å². The summed E-state index contributed by atoms with van der Waals surface area (Å²) in [6.07, 6.45) is 5.97. The third-order valence-corrected chi connectivity index (χ3v) is 8.11. The number of ether oxygens (including phenoxy) is 2. The first-order chi connectivity index (χ1) is 11.4. The Morgan fingerprint density at radius 1 is 1.04 bits per heavy atom. The lowest BCUT2D eigenvalue weighted by Crippen LogP contribution is -2.31. The van der Waals surface area contributed by atoms with Crippen molar-refractivity contribution in [2.75, 3.05) is 26.2 Å². The average Bonchev–Trinajstić information content (AvgIpc) is 2.88. The van der Waals surface area contributed by atoms with E-state index < -0.39 is 0 Å². The number of fused-ring (bicyclic) bond motifs is 1. The maximum atomic E-state index is 6.17. The van der Waals surface area contributed by atoms with Crippen LogP contribution >= 0.6 is 47.8 Å². The van der Waals surface area contributed by atoms with E-state index in [1.807, 2.05) is 0 Å². The average molecular weight is 526 g/mol. The number of rotatable bonds is 5. The summed E-state index contributed by atoms with van der Waals surface area (Å²) in [5.41, 5.74) is 0.984. The molecule has 0 bridgehead atoms. The minimum atomic E-state index is -0.197. The highest BCUT2D eigenvalue weighted by Gasteiger charge is 2.36. The molecule has 2 heterocycles. The van der Waals surface area contributed by atoms with Gasteiger partial charge in [0.25, 0.3) is 0 Å². The van der Waals surface area contributed by atoms with Crippen LogP contribution in [0.3, 0.4) is 0 Å². The quantitative estimate of drug-likeness (QED) is 0.350. The molecule has 3 nitrogen and oxygen atoms in total. The van der Waals surface area contributed by atoms with Gasteiger partial charge in [-0.1, -0.05) is 6.42 Å². The highest BCUT2D eigenvalue weighted by molar-refractivity contribution is 9.14. The van der Waals surface area contributed by atoms with E-state index in [1.54, 1.807) is 0 Å². The van der Waals surface area contributed by atoms with Crippen LogP contribution in [-0.4, -0.2) is 36.7 Å². The van der Waals surface area contributed by atoms with Crippen LogP contribution in [-0.2, 0) is 6.42 Å². The van der Waals surface area contributed by atoms with E-state index in [0.29, 0.717) is 6.61 Å². The van der Waals surface area contributed by atoms with E-state index in [1.165, 1.54) is 37.9 Å². The van der Waals surface area contributed by atoms with Crippen molar-refractivity contribution < 1.29 is 9.47 Å². The number of benzene rings is 1. The SMILES string of the molecule is CC1(C)Cc2c(Br)c(Br)c(Br)c(OCCCN3CCCCC3)c2O1. The first-order valence-corrected chi connectivity index (χ1v) is 11.0. The molecule has 1 aromatic rings. The van der Waals surface area contributed by atoms with Gasteiger partial charge in [-0.15, -0.1) is 0 Å². The topological polar surface area (TPSA) is 21.7 Å². The summed E-state index contributed by atoms with van der Waals surface area (Å²) in [4.78, 5) is 2.55. The molecule has 1 fully saturated rings. The molecule has 24 heavy (non-hydrogen) atoms. The summed E-state index contributed by atoms with van der Waals surface area (Å²) in [5, 5.41) is 0. The molecule has 0 atom stereocenters. The second-order valence-electron chi connectivity index (χ2n) is 7.22. The highest BCUT2D eigenvalue weighted by Crippen LogP contribution is 2.53. The molecule has 1 aromatic carbocycles. The number of hydrogen-bond acceptors (Lipinski definition) is 3. The maximum Gasteiger partial charge on any atom is 0.176 e. The van der Waals surface area contributed by atoms with Gasteiger partial charge in [0.05, 0.1) is 15.6 Å². The van der Waals surface area contributed by atoms with Gasteiger partial charge < -0.3 is 14.4 Å². The van der Waals surface area contributed by atoms with E-state index in [9.17, 15) is 0 Å². The van der Waals surface area contributed by atoms with Crippen molar-refractivity contribution in [1.82, 2.24) is 4.90 Å². The fraction of sp³-hybridized carbons (Fsp3) is 0.667. The molecule has 6 heteroatoms. The monoisotopic (exact) mass is 523 g/mol. The van der Waals surface area contributed by atoms with Crippen LogP contribution in [0.2, 0.25) is 0 Å².